The summed E-state index contributed by atoms with van der Waals surface area (Å²) in [6.45, 7) is 0. The number of ether oxygens (including phenoxy) is 1. The van der Waals surface area contributed by atoms with Gasteiger partial charge in [0, 0.05) is 23.7 Å². The molecule has 3 nitrogen and oxygen atoms in total. The van der Waals surface area contributed by atoms with Crippen LogP contribution >= 0.6 is 0 Å². The van der Waals surface area contributed by atoms with E-state index in [-0.39, 0.29) is 35.6 Å². The molecule has 4 aromatic carbocycles. The third-order valence-corrected chi connectivity index (χ3v) is 9.33. The highest BCUT2D eigenvalue weighted by molar-refractivity contribution is 6.00. The molecule has 0 radical (unpaired) electrons. The van der Waals surface area contributed by atoms with Crippen molar-refractivity contribution >= 4 is 11.9 Å². The fourth-order valence-electron chi connectivity index (χ4n) is 8.19. The summed E-state index contributed by atoms with van der Waals surface area (Å²) < 4.78 is 5.26. The molecule has 0 N–H and O–H groups in total. The van der Waals surface area contributed by atoms with Crippen molar-refractivity contribution in [2.75, 3.05) is 0 Å². The normalized spacial score (nSPS) is 29.5. The van der Waals surface area contributed by atoms with Crippen LogP contribution in [0, 0.1) is 11.8 Å². The topological polar surface area (TPSA) is 43.4 Å². The Morgan fingerprint density at radius 3 is 1.14 bits per heavy atom. The maximum absolute atomic E-state index is 12.9. The van der Waals surface area contributed by atoms with Crippen LogP contribution in [0.3, 0.4) is 0 Å². The number of carbonyl (C=O) groups is 2. The fraction of sp³-hybridized carbons (Fsp3) is 0.188. The molecule has 0 aromatic heterocycles. The van der Waals surface area contributed by atoms with Crippen molar-refractivity contribution in [3.05, 3.63) is 141 Å². The molecule has 4 atom stereocenters. The number of hydrogen-bond acceptors (Lipinski definition) is 3. The lowest BCUT2D eigenvalue weighted by Crippen LogP contribution is -2.42. The van der Waals surface area contributed by atoms with E-state index in [0.29, 0.717) is 0 Å². The molecule has 1 aliphatic heterocycles. The first-order chi connectivity index (χ1) is 17.2. The monoisotopic (exact) mass is 452 g/mol. The Bertz CT molecular complexity index is 1500. The van der Waals surface area contributed by atoms with Gasteiger partial charge in [-0.25, -0.2) is 0 Å². The van der Waals surface area contributed by atoms with E-state index in [1.54, 1.807) is 0 Å². The highest BCUT2D eigenvalue weighted by Gasteiger charge is 2.61. The summed E-state index contributed by atoms with van der Waals surface area (Å²) in [5.74, 6) is -1.44. The Morgan fingerprint density at radius 2 is 0.771 bits per heavy atom. The minimum atomic E-state index is -0.423. The summed E-state index contributed by atoms with van der Waals surface area (Å²) in [5, 5.41) is 0. The Balaban J connectivity index is 1.36. The van der Waals surface area contributed by atoms with Crippen molar-refractivity contribution in [3.8, 4) is 0 Å². The van der Waals surface area contributed by atoms with Gasteiger partial charge >= 0.3 is 11.9 Å². The van der Waals surface area contributed by atoms with Gasteiger partial charge in [0.15, 0.2) is 0 Å². The van der Waals surface area contributed by atoms with Gasteiger partial charge < -0.3 is 4.74 Å². The summed E-state index contributed by atoms with van der Waals surface area (Å²) in [6, 6.07) is 30.8. The van der Waals surface area contributed by atoms with Crippen LogP contribution in [-0.4, -0.2) is 11.9 Å². The van der Waals surface area contributed by atoms with Crippen molar-refractivity contribution in [3.63, 3.8) is 0 Å². The van der Waals surface area contributed by atoms with E-state index in [1.807, 2.05) is 12.1 Å². The smallest absolute Gasteiger partial charge is 0.318 e. The minimum Gasteiger partial charge on any atom is -0.393 e. The lowest BCUT2D eigenvalue weighted by Gasteiger charge is -2.48. The molecule has 4 aromatic rings. The van der Waals surface area contributed by atoms with Crippen molar-refractivity contribution in [2.45, 2.75) is 23.7 Å². The van der Waals surface area contributed by atoms with Gasteiger partial charge in [-0.1, -0.05) is 84.9 Å². The second-order valence-corrected chi connectivity index (χ2v) is 10.6. The van der Waals surface area contributed by atoms with E-state index in [2.05, 4.69) is 72.8 Å². The van der Waals surface area contributed by atoms with Crippen LogP contribution in [0.1, 0.15) is 79.3 Å². The predicted octanol–water partition coefficient (Wildman–Crippen LogP) is 5.58. The van der Waals surface area contributed by atoms with Gasteiger partial charge in [0.05, 0.1) is 11.8 Å². The van der Waals surface area contributed by atoms with Crippen molar-refractivity contribution < 1.29 is 14.3 Å². The molecular formula is C32H20O3. The van der Waals surface area contributed by atoms with E-state index >= 15 is 0 Å². The minimum absolute atomic E-state index is 0.133. The van der Waals surface area contributed by atoms with Crippen LogP contribution in [0.2, 0.25) is 0 Å². The van der Waals surface area contributed by atoms with E-state index < -0.39 is 11.8 Å². The third kappa shape index (κ3) is 1.98. The van der Waals surface area contributed by atoms with Crippen LogP contribution in [0.4, 0.5) is 0 Å². The van der Waals surface area contributed by atoms with Crippen molar-refractivity contribution in [2.24, 2.45) is 11.8 Å². The largest absolute Gasteiger partial charge is 0.393 e. The van der Waals surface area contributed by atoms with Crippen molar-refractivity contribution in [1.29, 1.82) is 0 Å². The number of hydrogen-bond donors (Lipinski definition) is 0. The highest BCUT2D eigenvalue weighted by Crippen LogP contribution is 2.63. The Morgan fingerprint density at radius 1 is 0.429 bits per heavy atom. The molecule has 6 aliphatic carbocycles. The zero-order valence-corrected chi connectivity index (χ0v) is 18.8. The zero-order chi connectivity index (χ0) is 23.0. The molecule has 166 valence electrons. The number of esters is 2. The van der Waals surface area contributed by atoms with E-state index in [4.69, 9.17) is 4.74 Å². The van der Waals surface area contributed by atoms with Gasteiger partial charge in [0.1, 0.15) is 0 Å². The summed E-state index contributed by atoms with van der Waals surface area (Å²) in [5.41, 5.74) is 13.0. The SMILES string of the molecule is O=C1OC(=O)[C@H]2[C@H]3c4ccccc4[C@@H](c4cc5c(cc43)C3c4ccccc4C5c4ccccc43)[C@H]12. The van der Waals surface area contributed by atoms with Gasteiger partial charge in [-0.3, -0.25) is 9.59 Å². The molecule has 11 rings (SSSR count). The lowest BCUT2D eigenvalue weighted by molar-refractivity contribution is -0.153. The average Bonchev–Trinajstić information content (AvgIpc) is 3.21. The fourth-order valence-corrected chi connectivity index (χ4v) is 8.19. The van der Waals surface area contributed by atoms with Gasteiger partial charge in [0.25, 0.3) is 0 Å². The Kier molecular flexibility index (Phi) is 3.14. The molecule has 0 amide bonds. The van der Waals surface area contributed by atoms with E-state index in [0.717, 1.165) is 0 Å². The van der Waals surface area contributed by atoms with Gasteiger partial charge in [-0.2, -0.15) is 0 Å². The van der Waals surface area contributed by atoms with Crippen LogP contribution in [0.5, 0.6) is 0 Å². The molecule has 3 heteroatoms. The van der Waals surface area contributed by atoms with Gasteiger partial charge in [-0.15, -0.1) is 0 Å². The van der Waals surface area contributed by atoms with Crippen molar-refractivity contribution in [1.82, 2.24) is 0 Å². The molecule has 0 spiro atoms. The van der Waals surface area contributed by atoms with Gasteiger partial charge in [0.2, 0.25) is 0 Å². The predicted molar refractivity (Wildman–Crippen MR) is 129 cm³/mol. The van der Waals surface area contributed by atoms with Crippen LogP contribution < -0.4 is 0 Å². The molecule has 1 saturated heterocycles. The maximum atomic E-state index is 12.9. The maximum Gasteiger partial charge on any atom is 0.318 e. The zero-order valence-electron chi connectivity index (χ0n) is 18.8. The van der Waals surface area contributed by atoms with Crippen LogP contribution in [-0.2, 0) is 14.3 Å². The molecule has 4 bridgehead atoms. The first-order valence-corrected chi connectivity index (χ1v) is 12.4. The molecule has 35 heavy (non-hydrogen) atoms. The number of rotatable bonds is 0. The Labute approximate surface area is 202 Å². The standard InChI is InChI=1S/C32H20O3/c33-31-29-27-19-11-5-6-12-20(19)28(30(29)32(34)35-31)24-14-22-21(13-23(24)27)25-15-7-1-2-8-16(15)26(22)18-10-4-3-9-17(18)25/h1-14,25-30H/t25?,26?,27-,28-,29-,30-/m0/s1. The van der Waals surface area contributed by atoms with Crippen LogP contribution in [0.15, 0.2) is 84.9 Å². The van der Waals surface area contributed by atoms with Crippen LogP contribution in [0.25, 0.3) is 0 Å². The highest BCUT2D eigenvalue weighted by atomic mass is 16.6. The average molecular weight is 453 g/mol. The summed E-state index contributed by atoms with van der Waals surface area (Å²) in [6.07, 6.45) is 0. The molecule has 0 saturated carbocycles. The Hall–Kier alpha value is -3.98. The lowest BCUT2D eigenvalue weighted by atomic mass is 9.53. The van der Waals surface area contributed by atoms with E-state index in [9.17, 15) is 9.59 Å². The molecule has 0 unspecified atom stereocenters. The molecular weight excluding hydrogens is 432 g/mol. The number of cyclic esters (lactones) is 2. The number of benzene rings is 4. The summed E-state index contributed by atoms with van der Waals surface area (Å²) in [4.78, 5) is 25.9. The summed E-state index contributed by atoms with van der Waals surface area (Å²) >= 11 is 0. The first kappa shape index (κ1) is 18.4. The van der Waals surface area contributed by atoms with E-state index in [1.165, 1.54) is 55.6 Å². The third-order valence-electron chi connectivity index (χ3n) is 9.33. The first-order valence-electron chi connectivity index (χ1n) is 12.4. The molecule has 1 fully saturated rings. The molecule has 1 heterocycles. The summed E-state index contributed by atoms with van der Waals surface area (Å²) in [7, 11) is 0. The van der Waals surface area contributed by atoms with Gasteiger partial charge in [-0.05, 0) is 55.6 Å². The number of carbonyl (C=O) groups excluding carboxylic acids is 2. The second-order valence-electron chi connectivity index (χ2n) is 10.6. The second kappa shape index (κ2) is 5.98. The quantitative estimate of drug-likeness (QED) is 0.223. The molecule has 7 aliphatic rings.